The summed E-state index contributed by atoms with van der Waals surface area (Å²) < 4.78 is 0. The lowest BCUT2D eigenvalue weighted by Gasteiger charge is -2.34. The molecule has 1 aromatic carbocycles. The van der Waals surface area contributed by atoms with Crippen LogP contribution in [0.15, 0.2) is 24.3 Å². The summed E-state index contributed by atoms with van der Waals surface area (Å²) in [7, 11) is 3.52. The first-order valence-corrected chi connectivity index (χ1v) is 8.45. The molecule has 2 rings (SSSR count). The average molecular weight is 332 g/mol. The second-order valence-electron chi connectivity index (χ2n) is 6.76. The number of nitrogens with zero attached hydrogens (tertiary/aromatic N) is 3. The summed E-state index contributed by atoms with van der Waals surface area (Å²) in [6.07, 6.45) is 0. The van der Waals surface area contributed by atoms with Crippen molar-refractivity contribution in [3.05, 3.63) is 29.8 Å². The number of nitrogens with one attached hydrogen (secondary N) is 1. The Balaban J connectivity index is 1.85. The van der Waals surface area contributed by atoms with Crippen LogP contribution in [0.25, 0.3) is 0 Å². The monoisotopic (exact) mass is 332 g/mol. The third kappa shape index (κ3) is 4.96. The Morgan fingerprint density at radius 1 is 1.17 bits per heavy atom. The predicted octanol–water partition coefficient (Wildman–Crippen LogP) is 2.05. The first kappa shape index (κ1) is 18.3. The van der Waals surface area contributed by atoms with Crippen LogP contribution >= 0.6 is 0 Å². The lowest BCUT2D eigenvalue weighted by atomic mass is 10.0. The van der Waals surface area contributed by atoms with Crippen LogP contribution < -0.4 is 5.32 Å². The van der Waals surface area contributed by atoms with Crippen molar-refractivity contribution in [2.75, 3.05) is 52.1 Å². The van der Waals surface area contributed by atoms with Crippen LogP contribution in [-0.4, -0.2) is 73.5 Å². The number of urea groups is 1. The minimum Gasteiger partial charge on any atom is -0.348 e. The van der Waals surface area contributed by atoms with E-state index in [2.05, 4.69) is 30.1 Å². The summed E-state index contributed by atoms with van der Waals surface area (Å²) >= 11 is 0. The lowest BCUT2D eigenvalue weighted by molar-refractivity contribution is -0.130. The molecule has 1 heterocycles. The molecule has 1 N–H and O–H groups in total. The second kappa shape index (κ2) is 8.15. The van der Waals surface area contributed by atoms with E-state index in [1.54, 1.807) is 23.9 Å². The number of benzene rings is 1. The van der Waals surface area contributed by atoms with Crippen LogP contribution in [0.1, 0.15) is 25.3 Å². The van der Waals surface area contributed by atoms with E-state index in [1.165, 1.54) is 5.56 Å². The third-order valence-corrected chi connectivity index (χ3v) is 4.32. The summed E-state index contributed by atoms with van der Waals surface area (Å²) in [5.41, 5.74) is 2.04. The fraction of sp³-hybridized carbons (Fsp3) is 0.556. The van der Waals surface area contributed by atoms with Gasteiger partial charge in [-0.3, -0.25) is 9.69 Å². The van der Waals surface area contributed by atoms with E-state index >= 15 is 0 Å². The number of amides is 3. The molecule has 0 radical (unpaired) electrons. The molecule has 1 fully saturated rings. The van der Waals surface area contributed by atoms with Gasteiger partial charge in [0.15, 0.2) is 0 Å². The first-order chi connectivity index (χ1) is 11.4. The zero-order chi connectivity index (χ0) is 17.7. The van der Waals surface area contributed by atoms with Gasteiger partial charge in [-0.1, -0.05) is 26.0 Å². The molecule has 6 heteroatoms. The Morgan fingerprint density at radius 2 is 1.83 bits per heavy atom. The van der Waals surface area contributed by atoms with Gasteiger partial charge in [0.05, 0.1) is 6.54 Å². The van der Waals surface area contributed by atoms with Crippen LogP contribution in [0.4, 0.5) is 10.5 Å². The molecule has 1 aliphatic rings. The van der Waals surface area contributed by atoms with Crippen molar-refractivity contribution in [3.8, 4) is 0 Å². The second-order valence-corrected chi connectivity index (χ2v) is 6.76. The van der Waals surface area contributed by atoms with E-state index in [0.29, 0.717) is 25.6 Å². The molecule has 24 heavy (non-hydrogen) atoms. The van der Waals surface area contributed by atoms with E-state index < -0.39 is 0 Å². The van der Waals surface area contributed by atoms with Crippen LogP contribution in [0.5, 0.6) is 0 Å². The van der Waals surface area contributed by atoms with E-state index in [0.717, 1.165) is 18.8 Å². The van der Waals surface area contributed by atoms with Crippen LogP contribution in [0.2, 0.25) is 0 Å². The van der Waals surface area contributed by atoms with Gasteiger partial charge in [-0.2, -0.15) is 0 Å². The summed E-state index contributed by atoms with van der Waals surface area (Å²) in [5, 5.41) is 2.97. The van der Waals surface area contributed by atoms with Crippen LogP contribution in [-0.2, 0) is 4.79 Å². The van der Waals surface area contributed by atoms with E-state index in [-0.39, 0.29) is 11.9 Å². The fourth-order valence-electron chi connectivity index (χ4n) is 2.62. The van der Waals surface area contributed by atoms with Gasteiger partial charge in [0.2, 0.25) is 5.91 Å². The molecule has 1 aliphatic heterocycles. The Morgan fingerprint density at radius 3 is 2.42 bits per heavy atom. The molecule has 0 aliphatic carbocycles. The maximum absolute atomic E-state index is 12.4. The van der Waals surface area contributed by atoms with Gasteiger partial charge in [0.1, 0.15) is 0 Å². The molecule has 1 saturated heterocycles. The molecule has 0 saturated carbocycles. The number of carbonyl (C=O) groups is 2. The Bertz CT molecular complexity index is 578. The summed E-state index contributed by atoms with van der Waals surface area (Å²) in [5.74, 6) is 0.526. The van der Waals surface area contributed by atoms with Crippen molar-refractivity contribution >= 4 is 17.6 Å². The smallest absolute Gasteiger partial charge is 0.321 e. The maximum atomic E-state index is 12.4. The lowest BCUT2D eigenvalue weighted by Crippen LogP contribution is -2.52. The zero-order valence-corrected chi connectivity index (χ0v) is 15.1. The van der Waals surface area contributed by atoms with Crippen molar-refractivity contribution in [2.24, 2.45) is 0 Å². The Kier molecular flexibility index (Phi) is 6.20. The highest BCUT2D eigenvalue weighted by Crippen LogP contribution is 2.19. The van der Waals surface area contributed by atoms with Crippen molar-refractivity contribution in [1.29, 1.82) is 0 Å². The van der Waals surface area contributed by atoms with Gasteiger partial charge < -0.3 is 15.1 Å². The molecule has 1 aromatic rings. The van der Waals surface area contributed by atoms with Crippen molar-refractivity contribution in [3.63, 3.8) is 0 Å². The highest BCUT2D eigenvalue weighted by atomic mass is 16.2. The standard InChI is InChI=1S/C18H28N4O2/c1-14(2)15-6-5-7-16(12-15)19-18(24)22-10-8-21(9-11-22)13-17(23)20(3)4/h5-7,12,14H,8-11,13H2,1-4H3,(H,19,24). The maximum Gasteiger partial charge on any atom is 0.321 e. The van der Waals surface area contributed by atoms with E-state index in [9.17, 15) is 9.59 Å². The first-order valence-electron chi connectivity index (χ1n) is 8.45. The predicted molar refractivity (Wildman–Crippen MR) is 96.3 cm³/mol. The summed E-state index contributed by atoms with van der Waals surface area (Å²) in [4.78, 5) is 29.6. The SMILES string of the molecule is CC(C)c1cccc(NC(=O)N2CCN(CC(=O)N(C)C)CC2)c1. The molecular formula is C18H28N4O2. The van der Waals surface area contributed by atoms with Gasteiger partial charge in [0, 0.05) is 46.0 Å². The van der Waals surface area contributed by atoms with Crippen molar-refractivity contribution in [2.45, 2.75) is 19.8 Å². The Hall–Kier alpha value is -2.08. The van der Waals surface area contributed by atoms with Crippen LogP contribution in [0.3, 0.4) is 0 Å². The van der Waals surface area contributed by atoms with E-state index in [1.807, 2.05) is 18.2 Å². The van der Waals surface area contributed by atoms with E-state index in [4.69, 9.17) is 0 Å². The number of hydrogen-bond acceptors (Lipinski definition) is 3. The zero-order valence-electron chi connectivity index (χ0n) is 15.1. The summed E-state index contributed by atoms with van der Waals surface area (Å²) in [6.45, 7) is 7.40. The quantitative estimate of drug-likeness (QED) is 0.918. The number of anilines is 1. The fourth-order valence-corrected chi connectivity index (χ4v) is 2.62. The average Bonchev–Trinajstić information content (AvgIpc) is 2.55. The third-order valence-electron chi connectivity index (χ3n) is 4.32. The molecular weight excluding hydrogens is 304 g/mol. The molecule has 132 valence electrons. The normalized spacial score (nSPS) is 15.5. The molecule has 0 unspecified atom stereocenters. The summed E-state index contributed by atoms with van der Waals surface area (Å²) in [6, 6.07) is 7.90. The van der Waals surface area contributed by atoms with Crippen molar-refractivity contribution in [1.82, 2.24) is 14.7 Å². The van der Waals surface area contributed by atoms with Gasteiger partial charge in [-0.15, -0.1) is 0 Å². The number of piperazine rings is 1. The number of rotatable bonds is 4. The highest BCUT2D eigenvalue weighted by molar-refractivity contribution is 5.89. The minimum atomic E-state index is -0.0745. The van der Waals surface area contributed by atoms with Gasteiger partial charge in [0.25, 0.3) is 0 Å². The minimum absolute atomic E-state index is 0.0745. The molecule has 6 nitrogen and oxygen atoms in total. The molecule has 0 aromatic heterocycles. The van der Waals surface area contributed by atoms with Gasteiger partial charge in [-0.25, -0.2) is 4.79 Å². The Labute approximate surface area is 144 Å². The molecule has 0 spiro atoms. The number of likely N-dealkylation sites (N-methyl/N-ethyl adjacent to an activating group) is 1. The number of carbonyl (C=O) groups excluding carboxylic acids is 2. The largest absolute Gasteiger partial charge is 0.348 e. The van der Waals surface area contributed by atoms with Crippen LogP contribution in [0, 0.1) is 0 Å². The van der Waals surface area contributed by atoms with Crippen molar-refractivity contribution < 1.29 is 9.59 Å². The van der Waals surface area contributed by atoms with Gasteiger partial charge >= 0.3 is 6.03 Å². The molecule has 3 amide bonds. The molecule has 0 atom stereocenters. The van der Waals surface area contributed by atoms with Gasteiger partial charge in [-0.05, 0) is 23.6 Å². The molecule has 0 bridgehead atoms. The number of hydrogen-bond donors (Lipinski definition) is 1. The highest BCUT2D eigenvalue weighted by Gasteiger charge is 2.22. The topological polar surface area (TPSA) is 55.9 Å².